The van der Waals surface area contributed by atoms with Crippen molar-refractivity contribution in [3.8, 4) is 11.3 Å². The van der Waals surface area contributed by atoms with Crippen LogP contribution in [0.3, 0.4) is 0 Å². The van der Waals surface area contributed by atoms with Gasteiger partial charge in [0.25, 0.3) is 0 Å². The molecule has 0 aliphatic carbocycles. The van der Waals surface area contributed by atoms with Gasteiger partial charge in [-0.05, 0) is 48.0 Å². The van der Waals surface area contributed by atoms with Crippen LogP contribution in [0.2, 0.25) is 10.0 Å². The number of aromatic carboxylic acids is 1. The molecule has 0 aliphatic rings. The van der Waals surface area contributed by atoms with Gasteiger partial charge in [-0.15, -0.1) is 0 Å². The summed E-state index contributed by atoms with van der Waals surface area (Å²) >= 11 is 12.1. The van der Waals surface area contributed by atoms with Gasteiger partial charge in [-0.2, -0.15) is 5.10 Å². The van der Waals surface area contributed by atoms with Gasteiger partial charge in [-0.25, -0.2) is 9.18 Å². The molecule has 0 saturated carbocycles. The molecule has 3 aromatic rings. The molecule has 0 atom stereocenters. The summed E-state index contributed by atoms with van der Waals surface area (Å²) < 4.78 is 14.6. The first-order valence-corrected chi connectivity index (χ1v) is 7.70. The second-order valence-corrected chi connectivity index (χ2v) is 5.96. The zero-order valence-electron chi connectivity index (χ0n) is 12.2. The van der Waals surface area contributed by atoms with Crippen molar-refractivity contribution in [2.24, 2.45) is 0 Å². The number of benzene rings is 2. The maximum absolute atomic E-state index is 13.1. The van der Waals surface area contributed by atoms with Gasteiger partial charge in [0.05, 0.1) is 12.2 Å². The molecule has 122 valence electrons. The summed E-state index contributed by atoms with van der Waals surface area (Å²) in [6.45, 7) is 0.260. The minimum absolute atomic E-state index is 0.0978. The molecular weight excluding hydrogens is 354 g/mol. The fourth-order valence-corrected chi connectivity index (χ4v) is 2.77. The standard InChI is InChI=1S/C17H11Cl2FN2O2/c18-12-4-1-11(14(19)7-12)9-22-16(8-15(21-22)17(23)24)10-2-5-13(20)6-3-10/h1-8H,9H2,(H,23,24). The summed E-state index contributed by atoms with van der Waals surface area (Å²) in [7, 11) is 0. The second-order valence-electron chi connectivity index (χ2n) is 5.12. The SMILES string of the molecule is O=C(O)c1cc(-c2ccc(F)cc2)n(Cc2ccc(Cl)cc2Cl)n1. The van der Waals surface area contributed by atoms with Gasteiger partial charge in [0.15, 0.2) is 5.69 Å². The van der Waals surface area contributed by atoms with Crippen LogP contribution in [0.1, 0.15) is 16.1 Å². The molecule has 0 spiro atoms. The van der Waals surface area contributed by atoms with Crippen LogP contribution >= 0.6 is 23.2 Å². The summed E-state index contributed by atoms with van der Waals surface area (Å²) in [4.78, 5) is 11.2. The van der Waals surface area contributed by atoms with Crippen molar-refractivity contribution >= 4 is 29.2 Å². The Morgan fingerprint density at radius 3 is 2.46 bits per heavy atom. The zero-order valence-corrected chi connectivity index (χ0v) is 13.7. The van der Waals surface area contributed by atoms with E-state index in [1.807, 2.05) is 0 Å². The van der Waals surface area contributed by atoms with E-state index in [-0.39, 0.29) is 18.1 Å². The number of nitrogens with zero attached hydrogens (tertiary/aromatic N) is 2. The third-order valence-corrected chi connectivity index (χ3v) is 4.06. The first-order valence-electron chi connectivity index (χ1n) is 6.95. The summed E-state index contributed by atoms with van der Waals surface area (Å²) in [5.74, 6) is -1.51. The van der Waals surface area contributed by atoms with Gasteiger partial charge in [-0.1, -0.05) is 29.3 Å². The molecule has 1 aromatic heterocycles. The molecule has 7 heteroatoms. The maximum atomic E-state index is 13.1. The number of carboxylic acids is 1. The predicted octanol–water partition coefficient (Wildman–Crippen LogP) is 4.74. The Hall–Kier alpha value is -2.37. The third-order valence-electron chi connectivity index (χ3n) is 3.47. The van der Waals surface area contributed by atoms with Crippen molar-refractivity contribution in [2.45, 2.75) is 6.54 Å². The highest BCUT2D eigenvalue weighted by Crippen LogP contribution is 2.26. The lowest BCUT2D eigenvalue weighted by Crippen LogP contribution is -2.06. The molecule has 0 unspecified atom stereocenters. The smallest absolute Gasteiger partial charge is 0.356 e. The van der Waals surface area contributed by atoms with Crippen LogP contribution in [-0.2, 0) is 6.54 Å². The van der Waals surface area contributed by atoms with Crippen LogP contribution in [0.4, 0.5) is 4.39 Å². The van der Waals surface area contributed by atoms with E-state index in [4.69, 9.17) is 23.2 Å². The summed E-state index contributed by atoms with van der Waals surface area (Å²) in [5, 5.41) is 14.3. The lowest BCUT2D eigenvalue weighted by molar-refractivity contribution is 0.0689. The highest BCUT2D eigenvalue weighted by molar-refractivity contribution is 6.35. The van der Waals surface area contributed by atoms with Gasteiger partial charge < -0.3 is 5.11 Å². The van der Waals surface area contributed by atoms with Crippen LogP contribution in [0, 0.1) is 5.82 Å². The van der Waals surface area contributed by atoms with E-state index < -0.39 is 5.97 Å². The van der Waals surface area contributed by atoms with Gasteiger partial charge in [-0.3, -0.25) is 4.68 Å². The maximum Gasteiger partial charge on any atom is 0.356 e. The molecule has 0 aliphatic heterocycles. The van der Waals surface area contributed by atoms with Gasteiger partial charge >= 0.3 is 5.97 Å². The van der Waals surface area contributed by atoms with E-state index >= 15 is 0 Å². The molecule has 1 N–H and O–H groups in total. The number of hydrogen-bond donors (Lipinski definition) is 1. The number of aromatic nitrogens is 2. The van der Waals surface area contributed by atoms with E-state index in [0.717, 1.165) is 5.56 Å². The van der Waals surface area contributed by atoms with Crippen LogP contribution in [0.25, 0.3) is 11.3 Å². The van der Waals surface area contributed by atoms with E-state index in [1.54, 1.807) is 30.3 Å². The highest BCUT2D eigenvalue weighted by atomic mass is 35.5. The van der Waals surface area contributed by atoms with Crippen molar-refractivity contribution < 1.29 is 14.3 Å². The zero-order chi connectivity index (χ0) is 17.3. The predicted molar refractivity (Wildman–Crippen MR) is 90.1 cm³/mol. The van der Waals surface area contributed by atoms with E-state index in [0.29, 0.717) is 21.3 Å². The van der Waals surface area contributed by atoms with Crippen molar-refractivity contribution in [3.05, 3.63) is 75.7 Å². The molecule has 2 aromatic carbocycles. The number of carbonyl (C=O) groups is 1. The topological polar surface area (TPSA) is 55.1 Å². The Bertz CT molecular complexity index is 907. The van der Waals surface area contributed by atoms with Crippen LogP contribution in [-0.4, -0.2) is 20.9 Å². The normalized spacial score (nSPS) is 10.8. The largest absolute Gasteiger partial charge is 0.476 e. The summed E-state index contributed by atoms with van der Waals surface area (Å²) in [6.07, 6.45) is 0. The number of halogens is 3. The van der Waals surface area contributed by atoms with E-state index in [9.17, 15) is 14.3 Å². The monoisotopic (exact) mass is 364 g/mol. The Labute approximate surface area is 147 Å². The fraction of sp³-hybridized carbons (Fsp3) is 0.0588. The first-order chi connectivity index (χ1) is 11.4. The van der Waals surface area contributed by atoms with E-state index in [1.165, 1.54) is 22.9 Å². The average Bonchev–Trinajstić information content (AvgIpc) is 2.95. The summed E-state index contributed by atoms with van der Waals surface area (Å²) in [5.41, 5.74) is 1.85. The quantitative estimate of drug-likeness (QED) is 0.727. The van der Waals surface area contributed by atoms with Gasteiger partial charge in [0.1, 0.15) is 5.82 Å². The fourth-order valence-electron chi connectivity index (χ4n) is 2.31. The molecule has 1 heterocycles. The molecule has 4 nitrogen and oxygen atoms in total. The van der Waals surface area contributed by atoms with Crippen molar-refractivity contribution in [3.63, 3.8) is 0 Å². The molecule has 0 radical (unpaired) electrons. The Balaban J connectivity index is 2.05. The van der Waals surface area contributed by atoms with Gasteiger partial charge in [0.2, 0.25) is 0 Å². The molecule has 0 saturated heterocycles. The average molecular weight is 365 g/mol. The molecular formula is C17H11Cl2FN2O2. The van der Waals surface area contributed by atoms with Crippen molar-refractivity contribution in [2.75, 3.05) is 0 Å². The van der Waals surface area contributed by atoms with Crippen LogP contribution in [0.5, 0.6) is 0 Å². The molecule has 24 heavy (non-hydrogen) atoms. The first kappa shape index (κ1) is 16.5. The lowest BCUT2D eigenvalue weighted by atomic mass is 10.1. The summed E-state index contributed by atoms with van der Waals surface area (Å²) in [6, 6.07) is 12.3. The van der Waals surface area contributed by atoms with Crippen molar-refractivity contribution in [1.82, 2.24) is 9.78 Å². The molecule has 3 rings (SSSR count). The highest BCUT2D eigenvalue weighted by Gasteiger charge is 2.16. The number of hydrogen-bond acceptors (Lipinski definition) is 2. The van der Waals surface area contributed by atoms with E-state index in [2.05, 4.69) is 5.10 Å². The van der Waals surface area contributed by atoms with Crippen molar-refractivity contribution in [1.29, 1.82) is 0 Å². The van der Waals surface area contributed by atoms with Crippen LogP contribution in [0.15, 0.2) is 48.5 Å². The second kappa shape index (κ2) is 6.63. The Morgan fingerprint density at radius 2 is 1.83 bits per heavy atom. The minimum atomic E-state index is -1.14. The third kappa shape index (κ3) is 3.42. The van der Waals surface area contributed by atoms with Crippen LogP contribution < -0.4 is 0 Å². The Kier molecular flexibility index (Phi) is 4.55. The van der Waals surface area contributed by atoms with Gasteiger partial charge in [0, 0.05) is 15.6 Å². The molecule has 0 bridgehead atoms. The minimum Gasteiger partial charge on any atom is -0.476 e. The molecule has 0 amide bonds. The lowest BCUT2D eigenvalue weighted by Gasteiger charge is -2.09. The Morgan fingerprint density at radius 1 is 1.12 bits per heavy atom. The molecule has 0 fully saturated rings. The number of rotatable bonds is 4. The number of carboxylic acid groups (broad SMARTS) is 1.